The highest BCUT2D eigenvalue weighted by molar-refractivity contribution is 5.98. The number of piperazine rings is 1. The standard InChI is InChI=1S/C15H16FN5O/c16-12-2-1-3-13(21-17-6-7-18-21)14(12)15(22)20-8-10-4-5-11(9-20)19-10/h1-3,6-7,10-11,19H,4-5,8-9H2. The van der Waals surface area contributed by atoms with Crippen LogP contribution in [0.15, 0.2) is 30.6 Å². The van der Waals surface area contributed by atoms with Crippen molar-refractivity contribution in [3.8, 4) is 5.69 Å². The summed E-state index contributed by atoms with van der Waals surface area (Å²) in [5, 5.41) is 11.5. The first-order chi connectivity index (χ1) is 10.7. The summed E-state index contributed by atoms with van der Waals surface area (Å²) in [7, 11) is 0. The third-order valence-corrected chi connectivity index (χ3v) is 4.34. The van der Waals surface area contributed by atoms with Gasteiger partial charge in [0, 0.05) is 25.2 Å². The molecule has 2 bridgehead atoms. The second-order valence-corrected chi connectivity index (χ2v) is 5.80. The van der Waals surface area contributed by atoms with Crippen molar-refractivity contribution in [3.63, 3.8) is 0 Å². The summed E-state index contributed by atoms with van der Waals surface area (Å²) in [5.41, 5.74) is 0.417. The summed E-state index contributed by atoms with van der Waals surface area (Å²) in [6, 6.07) is 5.16. The Kier molecular flexibility index (Phi) is 3.15. The fourth-order valence-electron chi connectivity index (χ4n) is 3.35. The molecule has 1 aromatic heterocycles. The Labute approximate surface area is 126 Å². The van der Waals surface area contributed by atoms with Gasteiger partial charge >= 0.3 is 0 Å². The largest absolute Gasteiger partial charge is 0.335 e. The molecule has 1 N–H and O–H groups in total. The second kappa shape index (κ2) is 5.17. The second-order valence-electron chi connectivity index (χ2n) is 5.80. The predicted octanol–water partition coefficient (Wildman–Crippen LogP) is 0.983. The van der Waals surface area contributed by atoms with Crippen LogP contribution in [-0.4, -0.2) is 51.0 Å². The lowest BCUT2D eigenvalue weighted by Crippen LogP contribution is -2.53. The lowest BCUT2D eigenvalue weighted by molar-refractivity contribution is 0.0692. The number of amides is 1. The number of rotatable bonds is 2. The molecule has 2 aliphatic heterocycles. The van der Waals surface area contributed by atoms with Crippen molar-refractivity contribution in [2.75, 3.05) is 13.1 Å². The Balaban J connectivity index is 1.71. The van der Waals surface area contributed by atoms with E-state index in [0.29, 0.717) is 30.9 Å². The van der Waals surface area contributed by atoms with Crippen molar-refractivity contribution in [1.82, 2.24) is 25.2 Å². The van der Waals surface area contributed by atoms with Gasteiger partial charge in [-0.1, -0.05) is 6.07 Å². The fraction of sp³-hybridized carbons (Fsp3) is 0.400. The SMILES string of the molecule is O=C(c1c(F)cccc1-n1nccn1)N1CC2CCC(C1)N2. The topological polar surface area (TPSA) is 63.1 Å². The molecule has 3 heterocycles. The molecule has 1 aromatic carbocycles. The van der Waals surface area contributed by atoms with Gasteiger partial charge in [0.05, 0.1) is 12.4 Å². The molecule has 2 aromatic rings. The number of aromatic nitrogens is 3. The Hall–Kier alpha value is -2.28. The molecule has 2 atom stereocenters. The summed E-state index contributed by atoms with van der Waals surface area (Å²) in [4.78, 5) is 15.9. The summed E-state index contributed by atoms with van der Waals surface area (Å²) < 4.78 is 14.3. The van der Waals surface area contributed by atoms with Crippen molar-refractivity contribution in [2.24, 2.45) is 0 Å². The van der Waals surface area contributed by atoms with Gasteiger partial charge < -0.3 is 10.2 Å². The summed E-state index contributed by atoms with van der Waals surface area (Å²) in [6.07, 6.45) is 5.15. The van der Waals surface area contributed by atoms with Crippen LogP contribution in [0.4, 0.5) is 4.39 Å². The molecule has 2 fully saturated rings. The Morgan fingerprint density at radius 3 is 2.55 bits per heavy atom. The number of nitrogens with zero attached hydrogens (tertiary/aromatic N) is 4. The van der Waals surface area contributed by atoms with Gasteiger partial charge in [-0.2, -0.15) is 15.0 Å². The number of carbonyl (C=O) groups excluding carboxylic acids is 1. The highest BCUT2D eigenvalue weighted by Gasteiger charge is 2.36. The molecular formula is C15H16FN5O. The maximum absolute atomic E-state index is 14.3. The number of nitrogens with one attached hydrogen (secondary N) is 1. The molecule has 0 spiro atoms. The van der Waals surface area contributed by atoms with E-state index in [-0.39, 0.29) is 11.5 Å². The third kappa shape index (κ3) is 2.18. The van der Waals surface area contributed by atoms with Gasteiger partial charge in [-0.15, -0.1) is 0 Å². The number of hydrogen-bond donors (Lipinski definition) is 1. The van der Waals surface area contributed by atoms with Crippen LogP contribution in [0.2, 0.25) is 0 Å². The van der Waals surface area contributed by atoms with Crippen molar-refractivity contribution >= 4 is 5.91 Å². The average Bonchev–Trinajstić information content (AvgIpc) is 3.16. The quantitative estimate of drug-likeness (QED) is 0.898. The molecular weight excluding hydrogens is 285 g/mol. The van der Waals surface area contributed by atoms with E-state index in [1.807, 2.05) is 0 Å². The smallest absolute Gasteiger partial charge is 0.259 e. The molecule has 22 heavy (non-hydrogen) atoms. The highest BCUT2D eigenvalue weighted by atomic mass is 19.1. The number of halogens is 1. The fourth-order valence-corrected chi connectivity index (χ4v) is 3.35. The zero-order valence-electron chi connectivity index (χ0n) is 11.9. The monoisotopic (exact) mass is 301 g/mol. The van der Waals surface area contributed by atoms with Gasteiger partial charge in [0.15, 0.2) is 0 Å². The van der Waals surface area contributed by atoms with Crippen LogP contribution in [0, 0.1) is 5.82 Å². The molecule has 2 aliphatic rings. The van der Waals surface area contributed by atoms with Crippen LogP contribution in [0.5, 0.6) is 0 Å². The van der Waals surface area contributed by atoms with Crippen molar-refractivity contribution in [1.29, 1.82) is 0 Å². The van der Waals surface area contributed by atoms with E-state index < -0.39 is 5.82 Å². The van der Waals surface area contributed by atoms with Gasteiger partial charge in [-0.25, -0.2) is 4.39 Å². The van der Waals surface area contributed by atoms with Crippen LogP contribution < -0.4 is 5.32 Å². The molecule has 0 radical (unpaired) electrons. The Morgan fingerprint density at radius 2 is 1.86 bits per heavy atom. The molecule has 2 unspecified atom stereocenters. The van der Waals surface area contributed by atoms with Crippen LogP contribution in [0.25, 0.3) is 5.69 Å². The normalized spacial score (nSPS) is 23.8. The average molecular weight is 301 g/mol. The first-order valence-corrected chi connectivity index (χ1v) is 7.43. The molecule has 7 heteroatoms. The first kappa shape index (κ1) is 13.4. The minimum absolute atomic E-state index is 0.0417. The van der Waals surface area contributed by atoms with E-state index in [1.165, 1.54) is 23.3 Å². The van der Waals surface area contributed by atoms with Gasteiger partial charge in [-0.3, -0.25) is 4.79 Å². The number of benzene rings is 1. The lowest BCUT2D eigenvalue weighted by atomic mass is 10.1. The van der Waals surface area contributed by atoms with Gasteiger partial charge in [0.2, 0.25) is 0 Å². The van der Waals surface area contributed by atoms with E-state index in [1.54, 1.807) is 17.0 Å². The van der Waals surface area contributed by atoms with E-state index in [4.69, 9.17) is 0 Å². The van der Waals surface area contributed by atoms with Gasteiger partial charge in [0.25, 0.3) is 5.91 Å². The Bertz CT molecular complexity index is 690. The molecule has 0 saturated carbocycles. The maximum Gasteiger partial charge on any atom is 0.259 e. The summed E-state index contributed by atoms with van der Waals surface area (Å²) >= 11 is 0. The van der Waals surface area contributed by atoms with Crippen LogP contribution >= 0.6 is 0 Å². The molecule has 0 aliphatic carbocycles. The molecule has 114 valence electrons. The summed E-state index contributed by atoms with van der Waals surface area (Å²) in [6.45, 7) is 1.24. The summed E-state index contributed by atoms with van der Waals surface area (Å²) in [5.74, 6) is -0.825. The molecule has 1 amide bonds. The van der Waals surface area contributed by atoms with Crippen molar-refractivity contribution in [2.45, 2.75) is 24.9 Å². The van der Waals surface area contributed by atoms with E-state index in [9.17, 15) is 9.18 Å². The number of likely N-dealkylation sites (tertiary alicyclic amines) is 1. The maximum atomic E-state index is 14.3. The zero-order chi connectivity index (χ0) is 15.1. The van der Waals surface area contributed by atoms with Crippen LogP contribution in [-0.2, 0) is 0 Å². The van der Waals surface area contributed by atoms with Gasteiger partial charge in [-0.05, 0) is 25.0 Å². The van der Waals surface area contributed by atoms with E-state index in [2.05, 4.69) is 15.5 Å². The number of hydrogen-bond acceptors (Lipinski definition) is 4. The first-order valence-electron chi connectivity index (χ1n) is 7.43. The van der Waals surface area contributed by atoms with Crippen LogP contribution in [0.1, 0.15) is 23.2 Å². The number of fused-ring (bicyclic) bond motifs is 2. The third-order valence-electron chi connectivity index (χ3n) is 4.34. The minimum Gasteiger partial charge on any atom is -0.335 e. The molecule has 6 nitrogen and oxygen atoms in total. The predicted molar refractivity (Wildman–Crippen MR) is 77.2 cm³/mol. The van der Waals surface area contributed by atoms with Crippen molar-refractivity contribution in [3.05, 3.63) is 42.0 Å². The molecule has 2 saturated heterocycles. The lowest BCUT2D eigenvalue weighted by Gasteiger charge is -2.33. The van der Waals surface area contributed by atoms with Crippen LogP contribution in [0.3, 0.4) is 0 Å². The molecule has 4 rings (SSSR count). The zero-order valence-corrected chi connectivity index (χ0v) is 11.9. The number of carbonyl (C=O) groups is 1. The Morgan fingerprint density at radius 1 is 1.18 bits per heavy atom. The van der Waals surface area contributed by atoms with Gasteiger partial charge in [0.1, 0.15) is 17.1 Å². The van der Waals surface area contributed by atoms with E-state index >= 15 is 0 Å². The highest BCUT2D eigenvalue weighted by Crippen LogP contribution is 2.24. The van der Waals surface area contributed by atoms with Crippen molar-refractivity contribution < 1.29 is 9.18 Å². The minimum atomic E-state index is -0.536. The van der Waals surface area contributed by atoms with E-state index in [0.717, 1.165) is 12.8 Å².